The van der Waals surface area contributed by atoms with Crippen LogP contribution >= 0.6 is 0 Å². The Morgan fingerprint density at radius 2 is 2.00 bits per heavy atom. The summed E-state index contributed by atoms with van der Waals surface area (Å²) in [5.41, 5.74) is 0.826. The highest BCUT2D eigenvalue weighted by atomic mass is 16.5. The number of ether oxygens (including phenoxy) is 2. The average molecular weight is 291 g/mol. The molecule has 1 atom stereocenters. The fourth-order valence-corrected chi connectivity index (χ4v) is 3.40. The Balaban J connectivity index is 2.05. The van der Waals surface area contributed by atoms with Crippen LogP contribution in [-0.4, -0.2) is 48.3 Å². The van der Waals surface area contributed by atoms with E-state index < -0.39 is 0 Å². The van der Waals surface area contributed by atoms with Crippen molar-refractivity contribution >= 4 is 5.78 Å². The molecule has 0 radical (unpaired) electrons. The second kappa shape index (κ2) is 5.00. The Kier molecular flexibility index (Phi) is 3.42. The number of benzene rings is 1. The second-order valence-corrected chi connectivity index (χ2v) is 6.23. The smallest absolute Gasteiger partial charge is 0.163 e. The minimum atomic E-state index is -0.369. The molecule has 21 heavy (non-hydrogen) atoms. The zero-order valence-electron chi connectivity index (χ0n) is 12.7. The highest BCUT2D eigenvalue weighted by Gasteiger charge is 2.47. The minimum absolute atomic E-state index is 0.0283. The first-order valence-electron chi connectivity index (χ1n) is 7.28. The van der Waals surface area contributed by atoms with Crippen LogP contribution in [0.15, 0.2) is 12.1 Å². The Morgan fingerprint density at radius 1 is 1.33 bits per heavy atom. The Bertz CT molecular complexity index is 576. The van der Waals surface area contributed by atoms with E-state index in [0.717, 1.165) is 18.7 Å². The fraction of sp³-hybridized carbons (Fsp3) is 0.562. The zero-order chi connectivity index (χ0) is 15.2. The molecule has 1 aromatic carbocycles. The molecule has 2 aliphatic rings. The first-order valence-corrected chi connectivity index (χ1v) is 7.28. The summed E-state index contributed by atoms with van der Waals surface area (Å²) in [7, 11) is 0. The van der Waals surface area contributed by atoms with Gasteiger partial charge < -0.3 is 14.6 Å². The van der Waals surface area contributed by atoms with Crippen LogP contribution in [0.25, 0.3) is 0 Å². The van der Waals surface area contributed by atoms with E-state index in [-0.39, 0.29) is 23.2 Å². The number of carbonyl (C=O) groups excluding carboxylic acids is 1. The van der Waals surface area contributed by atoms with E-state index in [9.17, 15) is 9.90 Å². The van der Waals surface area contributed by atoms with Gasteiger partial charge in [-0.1, -0.05) is 13.8 Å². The van der Waals surface area contributed by atoms with Gasteiger partial charge in [-0.15, -0.1) is 0 Å². The Hall–Kier alpha value is -1.59. The summed E-state index contributed by atoms with van der Waals surface area (Å²) in [6.07, 6.45) is -0.142. The van der Waals surface area contributed by atoms with E-state index in [1.165, 1.54) is 13.0 Å². The number of fused-ring (bicyclic) bond motifs is 1. The molecule has 0 aliphatic carbocycles. The fourth-order valence-electron chi connectivity index (χ4n) is 3.40. The number of carbonyl (C=O) groups is 1. The van der Waals surface area contributed by atoms with Crippen molar-refractivity contribution in [1.29, 1.82) is 0 Å². The molecule has 0 bridgehead atoms. The second-order valence-electron chi connectivity index (χ2n) is 6.23. The largest absolute Gasteiger partial charge is 0.507 e. The van der Waals surface area contributed by atoms with E-state index in [1.807, 2.05) is 0 Å². The van der Waals surface area contributed by atoms with Gasteiger partial charge in [0.1, 0.15) is 11.5 Å². The molecular weight excluding hydrogens is 270 g/mol. The SMILES string of the molecule is CC(=O)c1c(O)ccc2c1C(C)(C)C(N1CCOCC1)O2. The quantitative estimate of drug-likeness (QED) is 0.844. The molecule has 1 unspecified atom stereocenters. The highest BCUT2D eigenvalue weighted by Crippen LogP contribution is 2.48. The number of phenols is 1. The molecule has 5 heteroatoms. The molecule has 0 amide bonds. The van der Waals surface area contributed by atoms with Crippen LogP contribution in [-0.2, 0) is 10.2 Å². The van der Waals surface area contributed by atoms with Crippen LogP contribution in [0, 0.1) is 0 Å². The van der Waals surface area contributed by atoms with Gasteiger partial charge in [0.25, 0.3) is 0 Å². The molecule has 1 N–H and O–H groups in total. The van der Waals surface area contributed by atoms with E-state index >= 15 is 0 Å². The van der Waals surface area contributed by atoms with Crippen LogP contribution in [0.4, 0.5) is 0 Å². The van der Waals surface area contributed by atoms with Crippen molar-refractivity contribution in [2.75, 3.05) is 26.3 Å². The number of hydrogen-bond acceptors (Lipinski definition) is 5. The molecule has 0 aromatic heterocycles. The molecule has 0 spiro atoms. The van der Waals surface area contributed by atoms with Gasteiger partial charge in [0, 0.05) is 24.1 Å². The zero-order valence-corrected chi connectivity index (χ0v) is 12.7. The number of nitrogens with zero attached hydrogens (tertiary/aromatic N) is 1. The summed E-state index contributed by atoms with van der Waals surface area (Å²) in [6.45, 7) is 8.60. The summed E-state index contributed by atoms with van der Waals surface area (Å²) < 4.78 is 11.5. The third-order valence-corrected chi connectivity index (χ3v) is 4.37. The normalized spacial score (nSPS) is 24.4. The van der Waals surface area contributed by atoms with Gasteiger partial charge in [-0.2, -0.15) is 0 Å². The van der Waals surface area contributed by atoms with Crippen molar-refractivity contribution in [3.63, 3.8) is 0 Å². The Labute approximate surface area is 124 Å². The first kappa shape index (κ1) is 14.4. The molecular formula is C16H21NO4. The van der Waals surface area contributed by atoms with Crippen LogP contribution in [0.2, 0.25) is 0 Å². The molecule has 2 heterocycles. The Morgan fingerprint density at radius 3 is 2.62 bits per heavy atom. The van der Waals surface area contributed by atoms with Crippen molar-refractivity contribution in [1.82, 2.24) is 4.90 Å². The van der Waals surface area contributed by atoms with Gasteiger partial charge in [-0.25, -0.2) is 0 Å². The summed E-state index contributed by atoms with van der Waals surface area (Å²) in [5.74, 6) is 0.587. The molecule has 114 valence electrons. The lowest BCUT2D eigenvalue weighted by atomic mass is 9.79. The number of aromatic hydroxyl groups is 1. The number of ketones is 1. The molecule has 0 saturated carbocycles. The van der Waals surface area contributed by atoms with Gasteiger partial charge in [-0.05, 0) is 19.1 Å². The molecule has 1 aromatic rings. The van der Waals surface area contributed by atoms with Crippen LogP contribution in [0.1, 0.15) is 36.7 Å². The van der Waals surface area contributed by atoms with Crippen molar-refractivity contribution in [2.45, 2.75) is 32.4 Å². The molecule has 2 aliphatic heterocycles. The average Bonchev–Trinajstić information content (AvgIpc) is 2.71. The highest BCUT2D eigenvalue weighted by molar-refractivity contribution is 5.99. The topological polar surface area (TPSA) is 59.0 Å². The molecule has 3 rings (SSSR count). The van der Waals surface area contributed by atoms with Crippen molar-refractivity contribution in [3.05, 3.63) is 23.3 Å². The lowest BCUT2D eigenvalue weighted by Crippen LogP contribution is -2.52. The standard InChI is InChI=1S/C16H21NO4/c1-10(18)13-11(19)4-5-12-14(13)16(2,3)15(21-12)17-6-8-20-9-7-17/h4-5,15,19H,6-9H2,1-3H3. The predicted octanol–water partition coefficient (Wildman–Crippen LogP) is 1.92. The number of rotatable bonds is 2. The molecule has 1 fully saturated rings. The number of morpholine rings is 1. The number of Topliss-reactive ketones (excluding diaryl/α,β-unsaturated/α-hetero) is 1. The van der Waals surface area contributed by atoms with Crippen molar-refractivity contribution in [2.24, 2.45) is 0 Å². The summed E-state index contributed by atoms with van der Waals surface area (Å²) in [4.78, 5) is 14.2. The molecule has 5 nitrogen and oxygen atoms in total. The summed E-state index contributed by atoms with van der Waals surface area (Å²) in [5, 5.41) is 10.1. The maximum absolute atomic E-state index is 11.9. The van der Waals surface area contributed by atoms with E-state index in [2.05, 4.69) is 18.7 Å². The van der Waals surface area contributed by atoms with Gasteiger partial charge in [0.05, 0.1) is 18.8 Å². The maximum atomic E-state index is 11.9. The van der Waals surface area contributed by atoms with Crippen LogP contribution in [0.5, 0.6) is 11.5 Å². The summed E-state index contributed by atoms with van der Waals surface area (Å²) in [6, 6.07) is 3.28. The van der Waals surface area contributed by atoms with Gasteiger partial charge in [-0.3, -0.25) is 9.69 Å². The van der Waals surface area contributed by atoms with E-state index in [4.69, 9.17) is 9.47 Å². The van der Waals surface area contributed by atoms with Crippen molar-refractivity contribution in [3.8, 4) is 11.5 Å². The summed E-state index contributed by atoms with van der Waals surface area (Å²) >= 11 is 0. The van der Waals surface area contributed by atoms with E-state index in [1.54, 1.807) is 6.07 Å². The molecule has 1 saturated heterocycles. The third kappa shape index (κ3) is 2.21. The monoisotopic (exact) mass is 291 g/mol. The minimum Gasteiger partial charge on any atom is -0.507 e. The number of phenolic OH excluding ortho intramolecular Hbond substituents is 1. The first-order chi connectivity index (χ1) is 9.93. The third-order valence-electron chi connectivity index (χ3n) is 4.37. The number of hydrogen-bond donors (Lipinski definition) is 1. The van der Waals surface area contributed by atoms with E-state index in [0.29, 0.717) is 24.5 Å². The predicted molar refractivity (Wildman–Crippen MR) is 77.9 cm³/mol. The lowest BCUT2D eigenvalue weighted by Gasteiger charge is -2.38. The lowest BCUT2D eigenvalue weighted by molar-refractivity contribution is -0.0613. The van der Waals surface area contributed by atoms with Crippen molar-refractivity contribution < 1.29 is 19.4 Å². The van der Waals surface area contributed by atoms with Crippen LogP contribution < -0.4 is 4.74 Å². The van der Waals surface area contributed by atoms with Crippen LogP contribution in [0.3, 0.4) is 0 Å². The van der Waals surface area contributed by atoms with Gasteiger partial charge in [0.15, 0.2) is 12.0 Å². The van der Waals surface area contributed by atoms with Gasteiger partial charge >= 0.3 is 0 Å². The van der Waals surface area contributed by atoms with Gasteiger partial charge in [0.2, 0.25) is 0 Å². The maximum Gasteiger partial charge on any atom is 0.163 e.